The molecule has 0 amide bonds. The number of halogens is 2. The smallest absolute Gasteiger partial charge is 0.159 e. The van der Waals surface area contributed by atoms with Crippen LogP contribution in [0.25, 0.3) is 0 Å². The Morgan fingerprint density at radius 3 is 2.75 bits per heavy atom. The normalized spacial score (nSPS) is 24.0. The van der Waals surface area contributed by atoms with Gasteiger partial charge in [-0.05, 0) is 42.9 Å². The van der Waals surface area contributed by atoms with Gasteiger partial charge < -0.3 is 10.8 Å². The molecule has 3 nitrogen and oxygen atoms in total. The average Bonchev–Trinajstić information content (AvgIpc) is 2.40. The Morgan fingerprint density at radius 2 is 2.05 bits per heavy atom. The number of aliphatic hydroxyl groups excluding tert-OH is 1. The van der Waals surface area contributed by atoms with Gasteiger partial charge in [0.2, 0.25) is 0 Å². The third-order valence-electron chi connectivity index (χ3n) is 3.81. The number of likely N-dealkylation sites (tertiary alicyclic amines) is 1. The zero-order chi connectivity index (χ0) is 14.5. The van der Waals surface area contributed by atoms with Gasteiger partial charge in [-0.2, -0.15) is 0 Å². The minimum atomic E-state index is -0.815. The Kier molecular flexibility index (Phi) is 5.46. The summed E-state index contributed by atoms with van der Waals surface area (Å²) in [5, 5.41) is 8.90. The van der Waals surface area contributed by atoms with Crippen LogP contribution in [0.5, 0.6) is 0 Å². The number of benzene rings is 1. The van der Waals surface area contributed by atoms with E-state index in [2.05, 4.69) is 4.90 Å². The van der Waals surface area contributed by atoms with Crippen molar-refractivity contribution in [2.45, 2.75) is 31.8 Å². The van der Waals surface area contributed by atoms with E-state index < -0.39 is 11.6 Å². The van der Waals surface area contributed by atoms with Crippen LogP contribution in [0.3, 0.4) is 0 Å². The van der Waals surface area contributed by atoms with Crippen LogP contribution < -0.4 is 5.73 Å². The van der Waals surface area contributed by atoms with Crippen molar-refractivity contribution in [3.8, 4) is 0 Å². The highest BCUT2D eigenvalue weighted by molar-refractivity contribution is 5.17. The van der Waals surface area contributed by atoms with Crippen LogP contribution in [-0.4, -0.2) is 35.7 Å². The van der Waals surface area contributed by atoms with Crippen molar-refractivity contribution in [2.75, 3.05) is 19.7 Å². The molecule has 1 aromatic rings. The zero-order valence-corrected chi connectivity index (χ0v) is 11.6. The third kappa shape index (κ3) is 4.23. The van der Waals surface area contributed by atoms with Gasteiger partial charge >= 0.3 is 0 Å². The predicted octanol–water partition coefficient (Wildman–Crippen LogP) is 1.89. The SMILES string of the molecule is NC1CC(CCCO)CN(Cc2ccc(F)c(F)c2)C1. The maximum Gasteiger partial charge on any atom is 0.159 e. The number of hydrogen-bond acceptors (Lipinski definition) is 3. The van der Waals surface area contributed by atoms with Crippen molar-refractivity contribution in [3.63, 3.8) is 0 Å². The van der Waals surface area contributed by atoms with Crippen LogP contribution in [0.15, 0.2) is 18.2 Å². The molecule has 1 aliphatic heterocycles. The molecule has 0 saturated carbocycles. The fourth-order valence-electron chi connectivity index (χ4n) is 2.96. The Labute approximate surface area is 118 Å². The topological polar surface area (TPSA) is 49.5 Å². The summed E-state index contributed by atoms with van der Waals surface area (Å²) in [5.74, 6) is -1.15. The molecule has 3 N–H and O–H groups in total. The largest absolute Gasteiger partial charge is 0.396 e. The third-order valence-corrected chi connectivity index (χ3v) is 3.81. The molecule has 5 heteroatoms. The van der Waals surface area contributed by atoms with Crippen molar-refractivity contribution in [1.82, 2.24) is 4.90 Å². The lowest BCUT2D eigenvalue weighted by molar-refractivity contribution is 0.137. The van der Waals surface area contributed by atoms with Crippen LogP contribution in [0, 0.1) is 17.6 Å². The Hall–Kier alpha value is -1.04. The molecular formula is C15H22F2N2O. The number of nitrogens with zero attached hydrogens (tertiary/aromatic N) is 1. The lowest BCUT2D eigenvalue weighted by Gasteiger charge is -2.36. The van der Waals surface area contributed by atoms with E-state index in [4.69, 9.17) is 10.8 Å². The Morgan fingerprint density at radius 1 is 1.25 bits per heavy atom. The van der Waals surface area contributed by atoms with E-state index in [0.29, 0.717) is 12.5 Å². The summed E-state index contributed by atoms with van der Waals surface area (Å²) >= 11 is 0. The monoisotopic (exact) mass is 284 g/mol. The molecule has 0 aromatic heterocycles. The van der Waals surface area contributed by atoms with E-state index in [1.54, 1.807) is 6.07 Å². The zero-order valence-electron chi connectivity index (χ0n) is 11.6. The number of piperidine rings is 1. The molecule has 0 bridgehead atoms. The summed E-state index contributed by atoms with van der Waals surface area (Å²) < 4.78 is 26.1. The second-order valence-corrected chi connectivity index (χ2v) is 5.67. The van der Waals surface area contributed by atoms with Gasteiger partial charge in [0.05, 0.1) is 0 Å². The van der Waals surface area contributed by atoms with E-state index in [1.807, 2.05) is 0 Å². The summed E-state index contributed by atoms with van der Waals surface area (Å²) in [4.78, 5) is 2.18. The van der Waals surface area contributed by atoms with Crippen molar-refractivity contribution < 1.29 is 13.9 Å². The van der Waals surface area contributed by atoms with Gasteiger partial charge in [-0.15, -0.1) is 0 Å². The van der Waals surface area contributed by atoms with Crippen LogP contribution in [0.1, 0.15) is 24.8 Å². The minimum absolute atomic E-state index is 0.109. The molecular weight excluding hydrogens is 262 g/mol. The van der Waals surface area contributed by atoms with Gasteiger partial charge in [0.15, 0.2) is 11.6 Å². The standard InChI is InChI=1S/C15H22F2N2O/c16-14-4-3-12(7-15(14)17)9-19-8-11(2-1-5-20)6-13(18)10-19/h3-4,7,11,13,20H,1-2,5-6,8-10,18H2. The Bertz CT molecular complexity index is 442. The molecule has 1 heterocycles. The summed E-state index contributed by atoms with van der Waals surface area (Å²) in [6.07, 6.45) is 2.71. The lowest BCUT2D eigenvalue weighted by Crippen LogP contribution is -2.46. The molecule has 1 aromatic carbocycles. The van der Waals surface area contributed by atoms with Crippen molar-refractivity contribution in [1.29, 1.82) is 0 Å². The molecule has 2 unspecified atom stereocenters. The van der Waals surface area contributed by atoms with E-state index in [1.165, 1.54) is 6.07 Å². The van der Waals surface area contributed by atoms with Crippen LogP contribution in [-0.2, 0) is 6.54 Å². The maximum atomic E-state index is 13.2. The number of rotatable bonds is 5. The first-order chi connectivity index (χ1) is 9.58. The van der Waals surface area contributed by atoms with Crippen molar-refractivity contribution >= 4 is 0 Å². The van der Waals surface area contributed by atoms with E-state index >= 15 is 0 Å². The van der Waals surface area contributed by atoms with Gasteiger partial charge in [-0.3, -0.25) is 4.90 Å². The quantitative estimate of drug-likeness (QED) is 0.868. The lowest BCUT2D eigenvalue weighted by atomic mass is 9.90. The molecule has 0 spiro atoms. The number of aliphatic hydroxyl groups is 1. The molecule has 1 fully saturated rings. The van der Waals surface area contributed by atoms with Gasteiger partial charge in [0.1, 0.15) is 0 Å². The number of nitrogens with two attached hydrogens (primary N) is 1. The van der Waals surface area contributed by atoms with Gasteiger partial charge in [-0.25, -0.2) is 8.78 Å². The fraction of sp³-hybridized carbons (Fsp3) is 0.600. The first-order valence-corrected chi connectivity index (χ1v) is 7.11. The molecule has 0 aliphatic carbocycles. The second kappa shape index (κ2) is 7.11. The second-order valence-electron chi connectivity index (χ2n) is 5.67. The van der Waals surface area contributed by atoms with Gasteiger partial charge in [-0.1, -0.05) is 6.07 Å². The summed E-state index contributed by atoms with van der Waals surface area (Å²) in [6, 6.07) is 4.13. The molecule has 0 radical (unpaired) electrons. The highest BCUT2D eigenvalue weighted by atomic mass is 19.2. The van der Waals surface area contributed by atoms with Crippen molar-refractivity contribution in [2.24, 2.45) is 11.7 Å². The van der Waals surface area contributed by atoms with Crippen LogP contribution in [0.4, 0.5) is 8.78 Å². The summed E-state index contributed by atoms with van der Waals surface area (Å²) in [5.41, 5.74) is 6.82. The van der Waals surface area contributed by atoms with Gasteiger partial charge in [0.25, 0.3) is 0 Å². The highest BCUT2D eigenvalue weighted by Crippen LogP contribution is 2.22. The predicted molar refractivity (Wildman–Crippen MR) is 74.0 cm³/mol. The van der Waals surface area contributed by atoms with Crippen LogP contribution in [0.2, 0.25) is 0 Å². The molecule has 2 atom stereocenters. The van der Waals surface area contributed by atoms with E-state index in [-0.39, 0.29) is 12.6 Å². The molecule has 112 valence electrons. The van der Waals surface area contributed by atoms with Crippen molar-refractivity contribution in [3.05, 3.63) is 35.4 Å². The Balaban J connectivity index is 1.95. The molecule has 2 rings (SSSR count). The minimum Gasteiger partial charge on any atom is -0.396 e. The number of hydrogen-bond donors (Lipinski definition) is 2. The molecule has 1 aliphatic rings. The average molecular weight is 284 g/mol. The van der Waals surface area contributed by atoms with E-state index in [0.717, 1.165) is 44.0 Å². The van der Waals surface area contributed by atoms with Gasteiger partial charge in [0, 0.05) is 32.3 Å². The highest BCUT2D eigenvalue weighted by Gasteiger charge is 2.24. The van der Waals surface area contributed by atoms with Crippen LogP contribution >= 0.6 is 0 Å². The summed E-state index contributed by atoms with van der Waals surface area (Å²) in [7, 11) is 0. The fourth-order valence-corrected chi connectivity index (χ4v) is 2.96. The first-order valence-electron chi connectivity index (χ1n) is 7.11. The van der Waals surface area contributed by atoms with E-state index in [9.17, 15) is 8.78 Å². The summed E-state index contributed by atoms with van der Waals surface area (Å²) in [6.45, 7) is 2.46. The first kappa shape index (κ1) is 15.4. The molecule has 1 saturated heterocycles. The molecule has 20 heavy (non-hydrogen) atoms. The maximum absolute atomic E-state index is 13.2.